The Bertz CT molecular complexity index is 391. The fraction of sp³-hybridized carbons (Fsp3) is 0.500. The lowest BCUT2D eigenvalue weighted by molar-refractivity contribution is 0.367. The quantitative estimate of drug-likeness (QED) is 0.894. The van der Waals surface area contributed by atoms with Crippen LogP contribution < -0.4 is 10.5 Å². The van der Waals surface area contributed by atoms with Crippen LogP contribution in [-0.2, 0) is 0 Å². The van der Waals surface area contributed by atoms with Crippen LogP contribution in [0.1, 0.15) is 30.9 Å². The molecule has 0 amide bonds. The van der Waals surface area contributed by atoms with E-state index in [0.29, 0.717) is 5.75 Å². The summed E-state index contributed by atoms with van der Waals surface area (Å²) in [5.74, 6) is 1.36. The van der Waals surface area contributed by atoms with E-state index in [4.69, 9.17) is 10.5 Å². The van der Waals surface area contributed by atoms with E-state index in [0.717, 1.165) is 22.4 Å². The normalized spacial score (nSPS) is 17.2. The second-order valence-corrected chi connectivity index (χ2v) is 5.15. The fourth-order valence-electron chi connectivity index (χ4n) is 1.91. The first kappa shape index (κ1) is 11.7. The average Bonchev–Trinajstić information content (AvgIpc) is 3.02. The molecule has 2 rings (SSSR count). The molecule has 1 saturated carbocycles. The van der Waals surface area contributed by atoms with Gasteiger partial charge in [0.2, 0.25) is 0 Å². The Balaban J connectivity index is 2.29. The average molecular weight is 286 g/mol. The zero-order chi connectivity index (χ0) is 11.7. The SMILES string of the molecule is COc1ccc(Br)c([C@H](N)CC2CC2)c1O. The van der Waals surface area contributed by atoms with Crippen LogP contribution in [0.5, 0.6) is 11.5 Å². The minimum Gasteiger partial charge on any atom is -0.504 e. The summed E-state index contributed by atoms with van der Waals surface area (Å²) in [6.07, 6.45) is 3.45. The number of hydrogen-bond donors (Lipinski definition) is 2. The van der Waals surface area contributed by atoms with E-state index in [9.17, 15) is 5.11 Å². The van der Waals surface area contributed by atoms with E-state index >= 15 is 0 Å². The van der Waals surface area contributed by atoms with Crippen molar-refractivity contribution in [3.63, 3.8) is 0 Å². The molecule has 0 heterocycles. The number of rotatable bonds is 4. The van der Waals surface area contributed by atoms with Gasteiger partial charge in [-0.3, -0.25) is 0 Å². The van der Waals surface area contributed by atoms with Crippen LogP contribution in [-0.4, -0.2) is 12.2 Å². The molecule has 0 aliphatic heterocycles. The molecule has 1 atom stereocenters. The molecule has 1 aromatic carbocycles. The summed E-state index contributed by atoms with van der Waals surface area (Å²) in [5.41, 5.74) is 6.87. The van der Waals surface area contributed by atoms with E-state index < -0.39 is 0 Å². The van der Waals surface area contributed by atoms with E-state index in [-0.39, 0.29) is 11.8 Å². The van der Waals surface area contributed by atoms with Crippen molar-refractivity contribution in [2.45, 2.75) is 25.3 Å². The second kappa shape index (κ2) is 4.63. The van der Waals surface area contributed by atoms with Gasteiger partial charge in [0, 0.05) is 16.1 Å². The van der Waals surface area contributed by atoms with Crippen LogP contribution in [0.3, 0.4) is 0 Å². The summed E-state index contributed by atoms with van der Waals surface area (Å²) in [4.78, 5) is 0. The smallest absolute Gasteiger partial charge is 0.163 e. The van der Waals surface area contributed by atoms with Crippen molar-refractivity contribution >= 4 is 15.9 Å². The van der Waals surface area contributed by atoms with Crippen molar-refractivity contribution < 1.29 is 9.84 Å². The Morgan fingerprint density at radius 3 is 2.81 bits per heavy atom. The number of benzene rings is 1. The molecule has 1 fully saturated rings. The van der Waals surface area contributed by atoms with Crippen LogP contribution >= 0.6 is 15.9 Å². The van der Waals surface area contributed by atoms with Crippen molar-refractivity contribution in [1.82, 2.24) is 0 Å². The van der Waals surface area contributed by atoms with Gasteiger partial charge in [-0.2, -0.15) is 0 Å². The Morgan fingerprint density at radius 1 is 1.56 bits per heavy atom. The van der Waals surface area contributed by atoms with E-state index in [1.807, 2.05) is 6.07 Å². The van der Waals surface area contributed by atoms with Crippen LogP contribution in [0.2, 0.25) is 0 Å². The Labute approximate surface area is 104 Å². The molecule has 0 bridgehead atoms. The van der Waals surface area contributed by atoms with E-state index in [1.165, 1.54) is 12.8 Å². The number of aromatic hydroxyl groups is 1. The fourth-order valence-corrected chi connectivity index (χ4v) is 2.53. The molecule has 0 aromatic heterocycles. The molecule has 3 nitrogen and oxygen atoms in total. The van der Waals surface area contributed by atoms with Gasteiger partial charge in [0.1, 0.15) is 0 Å². The molecular formula is C12H16BrNO2. The van der Waals surface area contributed by atoms with Gasteiger partial charge in [0.05, 0.1) is 7.11 Å². The number of halogens is 1. The Hall–Kier alpha value is -0.740. The van der Waals surface area contributed by atoms with Gasteiger partial charge in [0.25, 0.3) is 0 Å². The van der Waals surface area contributed by atoms with Gasteiger partial charge in [-0.05, 0) is 24.5 Å². The van der Waals surface area contributed by atoms with Gasteiger partial charge in [-0.1, -0.05) is 28.8 Å². The standard InChI is InChI=1S/C12H16BrNO2/c1-16-10-5-4-8(13)11(12(10)15)9(14)6-7-2-3-7/h4-5,7,9,15H,2-3,6,14H2,1H3/t9-/m1/s1. The lowest BCUT2D eigenvalue weighted by atomic mass is 10.0. The summed E-state index contributed by atoms with van der Waals surface area (Å²) in [5, 5.41) is 10.0. The van der Waals surface area contributed by atoms with Crippen LogP contribution in [0, 0.1) is 5.92 Å². The lowest BCUT2D eigenvalue weighted by Gasteiger charge is -2.17. The summed E-state index contributed by atoms with van der Waals surface area (Å²) in [6.45, 7) is 0. The first-order chi connectivity index (χ1) is 7.63. The number of nitrogens with two attached hydrogens (primary N) is 1. The van der Waals surface area contributed by atoms with Crippen molar-refractivity contribution in [3.05, 3.63) is 22.2 Å². The van der Waals surface area contributed by atoms with Gasteiger partial charge in [-0.15, -0.1) is 0 Å². The number of ether oxygens (including phenoxy) is 1. The van der Waals surface area contributed by atoms with Crippen LogP contribution in [0.25, 0.3) is 0 Å². The maximum atomic E-state index is 10.0. The Morgan fingerprint density at radius 2 is 2.25 bits per heavy atom. The van der Waals surface area contributed by atoms with Gasteiger partial charge in [0.15, 0.2) is 11.5 Å². The molecule has 1 aromatic rings. The van der Waals surface area contributed by atoms with Crippen LogP contribution in [0.4, 0.5) is 0 Å². The summed E-state index contributed by atoms with van der Waals surface area (Å²) >= 11 is 3.43. The summed E-state index contributed by atoms with van der Waals surface area (Å²) in [6, 6.07) is 3.46. The molecule has 0 unspecified atom stereocenters. The number of phenolic OH excluding ortho intramolecular Hbond substituents is 1. The van der Waals surface area contributed by atoms with E-state index in [1.54, 1.807) is 13.2 Å². The van der Waals surface area contributed by atoms with Crippen molar-refractivity contribution in [2.75, 3.05) is 7.11 Å². The van der Waals surface area contributed by atoms with E-state index in [2.05, 4.69) is 15.9 Å². The maximum absolute atomic E-state index is 10.0. The predicted molar refractivity (Wildman–Crippen MR) is 66.6 cm³/mol. The molecule has 0 saturated heterocycles. The Kier molecular flexibility index (Phi) is 3.40. The highest BCUT2D eigenvalue weighted by Crippen LogP contribution is 2.43. The monoisotopic (exact) mass is 285 g/mol. The van der Waals surface area contributed by atoms with Crippen molar-refractivity contribution in [2.24, 2.45) is 11.7 Å². The third-order valence-electron chi connectivity index (χ3n) is 3.00. The largest absolute Gasteiger partial charge is 0.504 e. The molecule has 88 valence electrons. The zero-order valence-corrected chi connectivity index (χ0v) is 10.8. The molecule has 3 N–H and O–H groups in total. The topological polar surface area (TPSA) is 55.5 Å². The number of methoxy groups -OCH3 is 1. The molecule has 16 heavy (non-hydrogen) atoms. The van der Waals surface area contributed by atoms with Crippen LogP contribution in [0.15, 0.2) is 16.6 Å². The van der Waals surface area contributed by atoms with Gasteiger partial charge in [-0.25, -0.2) is 0 Å². The first-order valence-corrected chi connectivity index (χ1v) is 6.23. The summed E-state index contributed by atoms with van der Waals surface area (Å²) < 4.78 is 5.93. The molecule has 1 aliphatic carbocycles. The highest BCUT2D eigenvalue weighted by atomic mass is 79.9. The first-order valence-electron chi connectivity index (χ1n) is 5.44. The second-order valence-electron chi connectivity index (χ2n) is 4.30. The predicted octanol–water partition coefficient (Wildman–Crippen LogP) is 2.96. The molecule has 0 radical (unpaired) electrons. The third-order valence-corrected chi connectivity index (χ3v) is 3.69. The maximum Gasteiger partial charge on any atom is 0.163 e. The zero-order valence-electron chi connectivity index (χ0n) is 9.24. The van der Waals surface area contributed by atoms with Gasteiger partial charge < -0.3 is 15.6 Å². The number of phenols is 1. The molecule has 4 heteroatoms. The molecule has 0 spiro atoms. The highest BCUT2D eigenvalue weighted by Gasteiger charge is 2.27. The summed E-state index contributed by atoms with van der Waals surface area (Å²) in [7, 11) is 1.54. The molecule has 1 aliphatic rings. The van der Waals surface area contributed by atoms with Crippen molar-refractivity contribution in [1.29, 1.82) is 0 Å². The minimum absolute atomic E-state index is 0.128. The minimum atomic E-state index is -0.128. The lowest BCUT2D eigenvalue weighted by Crippen LogP contribution is -2.12. The van der Waals surface area contributed by atoms with Crippen molar-refractivity contribution in [3.8, 4) is 11.5 Å². The molecular weight excluding hydrogens is 270 g/mol. The highest BCUT2D eigenvalue weighted by molar-refractivity contribution is 9.10. The number of hydrogen-bond acceptors (Lipinski definition) is 3. The van der Waals surface area contributed by atoms with Gasteiger partial charge >= 0.3 is 0 Å². The third kappa shape index (κ3) is 2.33.